The van der Waals surface area contributed by atoms with Gasteiger partial charge in [0.05, 0.1) is 30.9 Å². The van der Waals surface area contributed by atoms with Crippen LogP contribution in [-0.2, 0) is 16.1 Å². The molecule has 0 aliphatic carbocycles. The van der Waals surface area contributed by atoms with E-state index in [1.54, 1.807) is 25.3 Å². The Labute approximate surface area is 223 Å². The van der Waals surface area contributed by atoms with Gasteiger partial charge in [0.15, 0.2) is 0 Å². The summed E-state index contributed by atoms with van der Waals surface area (Å²) >= 11 is 0. The van der Waals surface area contributed by atoms with Gasteiger partial charge in [0.2, 0.25) is 0 Å². The molecular weight excluding hydrogens is 448 g/mol. The van der Waals surface area contributed by atoms with Crippen molar-refractivity contribution in [2.45, 2.75) is 71.2 Å². The third-order valence-electron chi connectivity index (χ3n) is 5.32. The summed E-state index contributed by atoms with van der Waals surface area (Å²) in [6.07, 6.45) is 0.541. The number of hydrogen-bond donors (Lipinski definition) is 3. The van der Waals surface area contributed by atoms with Crippen molar-refractivity contribution in [3.05, 3.63) is 58.7 Å². The van der Waals surface area contributed by atoms with Crippen molar-refractivity contribution >= 4 is 41.6 Å². The molecule has 1 aromatic carbocycles. The number of methoxy groups -OCH3 is 1. The second-order valence-electron chi connectivity index (χ2n) is 8.81. The van der Waals surface area contributed by atoms with Crippen molar-refractivity contribution in [3.63, 3.8) is 0 Å². The summed E-state index contributed by atoms with van der Waals surface area (Å²) in [7, 11) is 1.61. The van der Waals surface area contributed by atoms with Gasteiger partial charge < -0.3 is 20.1 Å². The molecule has 0 aliphatic heterocycles. The number of carboxylic acid groups (broad SMARTS) is 1. The number of aliphatic carboxylic acids is 1. The topological polar surface area (TPSA) is 99.9 Å². The quantitative estimate of drug-likeness (QED) is 0.414. The van der Waals surface area contributed by atoms with Crippen LogP contribution in [0, 0.1) is 5.82 Å². The summed E-state index contributed by atoms with van der Waals surface area (Å²) < 4.78 is 19.2. The molecule has 0 saturated heterocycles. The molecule has 0 fully saturated rings. The molecule has 0 aliphatic rings. The summed E-state index contributed by atoms with van der Waals surface area (Å²) in [5.74, 6) is -1.28. The van der Waals surface area contributed by atoms with E-state index in [0.29, 0.717) is 6.61 Å². The van der Waals surface area contributed by atoms with Gasteiger partial charge in [0, 0.05) is 30.4 Å². The van der Waals surface area contributed by atoms with Gasteiger partial charge >= 0.3 is 35.5 Å². The van der Waals surface area contributed by atoms with Crippen molar-refractivity contribution in [1.82, 2.24) is 4.98 Å². The van der Waals surface area contributed by atoms with Gasteiger partial charge in [-0.2, -0.15) is 0 Å². The number of aliphatic hydroxyl groups excluding tert-OH is 2. The predicted octanol–water partition coefficient (Wildman–Crippen LogP) is 4.23. The van der Waals surface area contributed by atoms with Crippen molar-refractivity contribution in [3.8, 4) is 11.1 Å². The molecule has 3 N–H and O–H groups in total. The molecule has 182 valence electrons. The van der Waals surface area contributed by atoms with E-state index in [1.807, 2.05) is 13.8 Å². The van der Waals surface area contributed by atoms with Crippen molar-refractivity contribution < 1.29 is 29.2 Å². The summed E-state index contributed by atoms with van der Waals surface area (Å²) in [4.78, 5) is 15.8. The molecule has 1 heterocycles. The van der Waals surface area contributed by atoms with Crippen LogP contribution in [-0.4, -0.2) is 75.1 Å². The number of benzene rings is 1. The van der Waals surface area contributed by atoms with Gasteiger partial charge in [0.1, 0.15) is 5.82 Å². The van der Waals surface area contributed by atoms with Crippen LogP contribution in [0.25, 0.3) is 17.2 Å². The number of aliphatic hydroxyl groups is 2. The summed E-state index contributed by atoms with van der Waals surface area (Å²) in [5.41, 5.74) is 5.05. The van der Waals surface area contributed by atoms with E-state index in [1.165, 1.54) is 18.2 Å². The molecule has 6 nitrogen and oxygen atoms in total. The number of ether oxygens (including phenoxy) is 1. The summed E-state index contributed by atoms with van der Waals surface area (Å²) in [5, 5.41) is 29.1. The van der Waals surface area contributed by atoms with Gasteiger partial charge in [-0.1, -0.05) is 52.0 Å². The molecule has 34 heavy (non-hydrogen) atoms. The van der Waals surface area contributed by atoms with Crippen LogP contribution < -0.4 is 0 Å². The standard InChI is InChI=1S/C26H34FNO5.Na.H/c1-15(2)25-21(11-10-19(29)12-20(30)13-23(31)32)24(17-6-8-18(27)9-7-17)22(14-33-5)26(28-25)16(3)4;;/h6-11,15-16,19-20,29-30H,12-14H2,1-5H3,(H,31,32);;/t19-,20-;;/m1../s1. The molecule has 2 aromatic rings. The van der Waals surface area contributed by atoms with Crippen LogP contribution in [0.15, 0.2) is 30.3 Å². The van der Waals surface area contributed by atoms with Crippen molar-refractivity contribution in [2.75, 3.05) is 7.11 Å². The van der Waals surface area contributed by atoms with Gasteiger partial charge in [0.25, 0.3) is 0 Å². The molecule has 2 rings (SSSR count). The van der Waals surface area contributed by atoms with Gasteiger partial charge in [-0.25, -0.2) is 4.39 Å². The molecule has 0 radical (unpaired) electrons. The number of rotatable bonds is 11. The molecule has 1 aromatic heterocycles. The van der Waals surface area contributed by atoms with E-state index in [9.17, 15) is 19.4 Å². The first kappa shape index (κ1) is 30.4. The molecule has 0 unspecified atom stereocenters. The first-order chi connectivity index (χ1) is 15.5. The van der Waals surface area contributed by atoms with Crippen molar-refractivity contribution in [1.29, 1.82) is 0 Å². The zero-order chi connectivity index (χ0) is 24.7. The number of carboxylic acids is 1. The van der Waals surface area contributed by atoms with Gasteiger partial charge in [-0.05, 0) is 35.1 Å². The van der Waals surface area contributed by atoms with Crippen molar-refractivity contribution in [2.24, 2.45) is 0 Å². The molecule has 0 bridgehead atoms. The number of nitrogens with zero attached hydrogens (tertiary/aromatic N) is 1. The molecular formula is C26H35FNNaO5. The third kappa shape index (κ3) is 8.26. The second-order valence-corrected chi connectivity index (χ2v) is 8.81. The zero-order valence-corrected chi connectivity index (χ0v) is 19.9. The monoisotopic (exact) mass is 483 g/mol. The number of halogens is 1. The minimum atomic E-state index is -1.16. The molecule has 8 heteroatoms. The van der Waals surface area contributed by atoms with Crippen LogP contribution in [0.2, 0.25) is 0 Å². The summed E-state index contributed by atoms with van der Waals surface area (Å²) in [6, 6.07) is 6.23. The Morgan fingerprint density at radius 3 is 2.18 bits per heavy atom. The molecule has 0 spiro atoms. The Bertz CT molecular complexity index is 976. The van der Waals surface area contributed by atoms with E-state index >= 15 is 0 Å². The molecule has 2 atom stereocenters. The average Bonchev–Trinajstić information content (AvgIpc) is 2.72. The van der Waals surface area contributed by atoms with Gasteiger partial charge in [-0.3, -0.25) is 9.78 Å². The van der Waals surface area contributed by atoms with Crippen LogP contribution in [0.1, 0.15) is 74.9 Å². The first-order valence-corrected chi connectivity index (χ1v) is 11.1. The van der Waals surface area contributed by atoms with E-state index < -0.39 is 24.6 Å². The molecule has 0 amide bonds. The number of carbonyl (C=O) groups is 1. The zero-order valence-electron chi connectivity index (χ0n) is 19.9. The number of aromatic nitrogens is 1. The van der Waals surface area contributed by atoms with Gasteiger partial charge in [-0.15, -0.1) is 0 Å². The number of pyridine rings is 1. The van der Waals surface area contributed by atoms with E-state index in [0.717, 1.165) is 33.6 Å². The fourth-order valence-corrected chi connectivity index (χ4v) is 3.85. The Kier molecular flexibility index (Phi) is 12.6. The summed E-state index contributed by atoms with van der Waals surface area (Å²) in [6.45, 7) is 8.49. The van der Waals surface area contributed by atoms with Crippen LogP contribution >= 0.6 is 0 Å². The van der Waals surface area contributed by atoms with Crippen LogP contribution in [0.4, 0.5) is 4.39 Å². The van der Waals surface area contributed by atoms with Crippen LogP contribution in [0.5, 0.6) is 0 Å². The number of hydrogen-bond acceptors (Lipinski definition) is 5. The van der Waals surface area contributed by atoms with Crippen LogP contribution in [0.3, 0.4) is 0 Å². The first-order valence-electron chi connectivity index (χ1n) is 11.1. The predicted molar refractivity (Wildman–Crippen MR) is 134 cm³/mol. The molecule has 0 saturated carbocycles. The maximum atomic E-state index is 13.7. The van der Waals surface area contributed by atoms with E-state index in [-0.39, 0.29) is 53.6 Å². The fourth-order valence-electron chi connectivity index (χ4n) is 3.85. The minimum absolute atomic E-state index is 0. The third-order valence-corrected chi connectivity index (χ3v) is 5.32. The second kappa shape index (κ2) is 14.1. The SMILES string of the molecule is COCc1c(C(C)C)nc(C(C)C)c(C=C[C@@H](O)C[C@@H](O)CC(=O)O)c1-c1ccc(F)cc1.[NaH]. The Hall–Kier alpha value is -1.61. The Morgan fingerprint density at radius 1 is 1.09 bits per heavy atom. The maximum absolute atomic E-state index is 13.7. The van der Waals surface area contributed by atoms with E-state index in [4.69, 9.17) is 14.8 Å². The fraction of sp³-hybridized carbons (Fsp3) is 0.462. The average molecular weight is 484 g/mol. The Balaban J connectivity index is 0.00000578. The normalized spacial score (nSPS) is 13.4. The van der Waals surface area contributed by atoms with E-state index in [2.05, 4.69) is 13.8 Å². The Morgan fingerprint density at radius 2 is 1.68 bits per heavy atom.